The van der Waals surface area contributed by atoms with E-state index in [1.165, 1.54) is 44.2 Å². The Morgan fingerprint density at radius 1 is 1.40 bits per heavy atom. The number of nitro groups is 1. The fourth-order valence-corrected chi connectivity index (χ4v) is 2.95. The summed E-state index contributed by atoms with van der Waals surface area (Å²) in [5.74, 6) is 0.189. The van der Waals surface area contributed by atoms with Crippen molar-refractivity contribution in [3.8, 4) is 0 Å². The molecule has 1 aliphatic carbocycles. The first kappa shape index (κ1) is 14.9. The highest BCUT2D eigenvalue weighted by Crippen LogP contribution is 2.27. The molecule has 1 atom stereocenters. The van der Waals surface area contributed by atoms with Crippen LogP contribution in [0.4, 0.5) is 10.1 Å². The zero-order valence-corrected chi connectivity index (χ0v) is 11.8. The molecular weight excluding hydrogens is 259 g/mol. The van der Waals surface area contributed by atoms with Crippen molar-refractivity contribution in [2.75, 3.05) is 0 Å². The number of nitrogens with one attached hydrogen (secondary N) is 1. The molecule has 0 radical (unpaired) electrons. The normalized spacial score (nSPS) is 17.9. The largest absolute Gasteiger partial charge is 0.310 e. The van der Waals surface area contributed by atoms with Crippen LogP contribution in [0.3, 0.4) is 0 Å². The first-order chi connectivity index (χ1) is 9.58. The maximum absolute atomic E-state index is 13.2. The third-order valence-electron chi connectivity index (χ3n) is 4.21. The molecular formula is C15H21FN2O2. The first-order valence-electron chi connectivity index (χ1n) is 7.24. The van der Waals surface area contributed by atoms with Crippen LogP contribution in [-0.2, 0) is 6.54 Å². The van der Waals surface area contributed by atoms with E-state index in [0.29, 0.717) is 24.1 Å². The highest BCUT2D eigenvalue weighted by atomic mass is 19.1. The lowest BCUT2D eigenvalue weighted by Gasteiger charge is -2.28. The molecule has 0 aliphatic heterocycles. The minimum absolute atomic E-state index is 0.0188. The van der Waals surface area contributed by atoms with Gasteiger partial charge >= 0.3 is 0 Å². The van der Waals surface area contributed by atoms with Gasteiger partial charge < -0.3 is 5.32 Å². The third-order valence-corrected chi connectivity index (χ3v) is 4.21. The third kappa shape index (κ3) is 3.76. The molecule has 1 fully saturated rings. The maximum atomic E-state index is 13.2. The Kier molecular flexibility index (Phi) is 5.06. The van der Waals surface area contributed by atoms with Gasteiger partial charge in [0.2, 0.25) is 0 Å². The lowest BCUT2D eigenvalue weighted by atomic mass is 9.84. The number of hydrogen-bond acceptors (Lipinski definition) is 3. The van der Waals surface area contributed by atoms with Gasteiger partial charge in [-0.3, -0.25) is 10.1 Å². The number of hydrogen-bond donors (Lipinski definition) is 1. The van der Waals surface area contributed by atoms with E-state index < -0.39 is 10.7 Å². The van der Waals surface area contributed by atoms with Gasteiger partial charge in [-0.1, -0.05) is 19.3 Å². The van der Waals surface area contributed by atoms with E-state index in [2.05, 4.69) is 12.2 Å². The quantitative estimate of drug-likeness (QED) is 0.659. The average molecular weight is 280 g/mol. The highest BCUT2D eigenvalue weighted by Gasteiger charge is 2.21. The molecule has 2 rings (SSSR count). The summed E-state index contributed by atoms with van der Waals surface area (Å²) in [6.07, 6.45) is 6.24. The average Bonchev–Trinajstić information content (AvgIpc) is 2.45. The molecule has 1 aromatic carbocycles. The standard InChI is InChI=1S/C15H21FN2O2/c1-11(12-5-3-2-4-6-12)17-10-13-9-14(16)7-8-15(13)18(19)20/h7-9,11-12,17H,2-6,10H2,1H3/t11-/m0/s1. The van der Waals surface area contributed by atoms with Crippen LogP contribution in [0.25, 0.3) is 0 Å². The number of nitrogens with zero attached hydrogens (tertiary/aromatic N) is 1. The van der Waals surface area contributed by atoms with E-state index >= 15 is 0 Å². The van der Waals surface area contributed by atoms with Gasteiger partial charge in [-0.15, -0.1) is 0 Å². The van der Waals surface area contributed by atoms with Gasteiger partial charge in [-0.2, -0.15) is 0 Å². The molecule has 1 aromatic rings. The maximum Gasteiger partial charge on any atom is 0.274 e. The van der Waals surface area contributed by atoms with Gasteiger partial charge in [0.15, 0.2) is 0 Å². The summed E-state index contributed by atoms with van der Waals surface area (Å²) >= 11 is 0. The van der Waals surface area contributed by atoms with Gasteiger partial charge in [-0.05, 0) is 37.8 Å². The van der Waals surface area contributed by atoms with Gasteiger partial charge in [0.25, 0.3) is 5.69 Å². The second-order valence-electron chi connectivity index (χ2n) is 5.60. The van der Waals surface area contributed by atoms with Crippen molar-refractivity contribution in [2.45, 2.75) is 51.6 Å². The Balaban J connectivity index is 1.99. The summed E-state index contributed by atoms with van der Waals surface area (Å²) in [6, 6.07) is 3.92. The molecule has 4 nitrogen and oxygen atoms in total. The predicted molar refractivity (Wildman–Crippen MR) is 75.9 cm³/mol. The number of halogens is 1. The Labute approximate surface area is 118 Å². The fourth-order valence-electron chi connectivity index (χ4n) is 2.95. The van der Waals surface area contributed by atoms with Crippen molar-refractivity contribution in [2.24, 2.45) is 5.92 Å². The SMILES string of the molecule is C[C@H](NCc1cc(F)ccc1[N+](=O)[O-])C1CCCCC1. The summed E-state index contributed by atoms with van der Waals surface area (Å²) in [4.78, 5) is 10.5. The molecule has 0 unspecified atom stereocenters. The molecule has 0 spiro atoms. The second-order valence-corrected chi connectivity index (χ2v) is 5.60. The first-order valence-corrected chi connectivity index (χ1v) is 7.24. The summed E-state index contributed by atoms with van der Waals surface area (Å²) < 4.78 is 13.2. The topological polar surface area (TPSA) is 55.2 Å². The molecule has 0 bridgehead atoms. The molecule has 5 heteroatoms. The summed E-state index contributed by atoms with van der Waals surface area (Å²) in [7, 11) is 0. The molecule has 20 heavy (non-hydrogen) atoms. The smallest absolute Gasteiger partial charge is 0.274 e. The van der Waals surface area contributed by atoms with E-state index in [4.69, 9.17) is 0 Å². The van der Waals surface area contributed by atoms with E-state index in [-0.39, 0.29) is 5.69 Å². The summed E-state index contributed by atoms with van der Waals surface area (Å²) in [5.41, 5.74) is 0.396. The Bertz CT molecular complexity index is 473. The van der Waals surface area contributed by atoms with Crippen molar-refractivity contribution in [3.05, 3.63) is 39.7 Å². The fraction of sp³-hybridized carbons (Fsp3) is 0.600. The zero-order valence-electron chi connectivity index (χ0n) is 11.8. The van der Waals surface area contributed by atoms with Crippen molar-refractivity contribution < 1.29 is 9.31 Å². The molecule has 0 saturated heterocycles. The Hall–Kier alpha value is -1.49. The van der Waals surface area contributed by atoms with Crippen LogP contribution in [0.5, 0.6) is 0 Å². The van der Waals surface area contributed by atoms with Crippen LogP contribution in [0.2, 0.25) is 0 Å². The molecule has 110 valence electrons. The van der Waals surface area contributed by atoms with E-state index in [1.807, 2.05) is 0 Å². The van der Waals surface area contributed by atoms with Crippen molar-refractivity contribution >= 4 is 5.69 Å². The summed E-state index contributed by atoms with van der Waals surface area (Å²) in [5, 5.41) is 14.3. The van der Waals surface area contributed by atoms with Crippen LogP contribution in [0.1, 0.15) is 44.6 Å². The monoisotopic (exact) mass is 280 g/mol. The highest BCUT2D eigenvalue weighted by molar-refractivity contribution is 5.40. The van der Waals surface area contributed by atoms with E-state index in [1.54, 1.807) is 0 Å². The molecule has 0 heterocycles. The van der Waals surface area contributed by atoms with Crippen molar-refractivity contribution in [1.29, 1.82) is 0 Å². The lowest BCUT2D eigenvalue weighted by molar-refractivity contribution is -0.385. The van der Waals surface area contributed by atoms with Crippen LogP contribution in [-0.4, -0.2) is 11.0 Å². The Morgan fingerprint density at radius 3 is 2.75 bits per heavy atom. The van der Waals surface area contributed by atoms with Crippen molar-refractivity contribution in [1.82, 2.24) is 5.32 Å². The molecule has 0 aromatic heterocycles. The van der Waals surface area contributed by atoms with E-state index in [0.717, 1.165) is 6.07 Å². The molecule has 0 amide bonds. The zero-order chi connectivity index (χ0) is 14.5. The van der Waals surface area contributed by atoms with Gasteiger partial charge in [0, 0.05) is 24.2 Å². The number of rotatable bonds is 5. The Morgan fingerprint density at radius 2 is 2.10 bits per heavy atom. The van der Waals surface area contributed by atoms with Crippen LogP contribution in [0, 0.1) is 21.8 Å². The minimum atomic E-state index is -0.457. The molecule has 1 aliphatic rings. The predicted octanol–water partition coefficient (Wildman–Crippen LogP) is 3.79. The van der Waals surface area contributed by atoms with Crippen LogP contribution >= 0.6 is 0 Å². The van der Waals surface area contributed by atoms with Gasteiger partial charge in [0.05, 0.1) is 4.92 Å². The lowest BCUT2D eigenvalue weighted by Crippen LogP contribution is -2.34. The molecule has 1 saturated carbocycles. The van der Waals surface area contributed by atoms with E-state index in [9.17, 15) is 14.5 Å². The second kappa shape index (κ2) is 6.79. The summed E-state index contributed by atoms with van der Waals surface area (Å²) in [6.45, 7) is 2.45. The minimum Gasteiger partial charge on any atom is -0.310 e. The molecule has 1 N–H and O–H groups in total. The number of benzene rings is 1. The van der Waals surface area contributed by atoms with Gasteiger partial charge in [0.1, 0.15) is 5.82 Å². The van der Waals surface area contributed by atoms with Crippen molar-refractivity contribution in [3.63, 3.8) is 0 Å². The van der Waals surface area contributed by atoms with Crippen LogP contribution in [0.15, 0.2) is 18.2 Å². The number of nitro benzene ring substituents is 1. The van der Waals surface area contributed by atoms with Gasteiger partial charge in [-0.25, -0.2) is 4.39 Å². The van der Waals surface area contributed by atoms with Crippen LogP contribution < -0.4 is 5.32 Å².